The van der Waals surface area contributed by atoms with Gasteiger partial charge >= 0.3 is 0 Å². The molecule has 0 unspecified atom stereocenters. The van der Waals surface area contributed by atoms with Crippen molar-refractivity contribution in [3.8, 4) is 0 Å². The maximum Gasteiger partial charge on any atom is -0.0162 e. The van der Waals surface area contributed by atoms with Gasteiger partial charge in [-0.2, -0.15) is 0 Å². The van der Waals surface area contributed by atoms with Crippen LogP contribution >= 0.6 is 0 Å². The number of hydrogen-bond acceptors (Lipinski definition) is 0. The SMILES string of the molecule is Cc1cc(C2CCCC2)cc(C(C)C)c1C(C)C. The fraction of sp³-hybridized carbons (Fsp3) is 0.667. The summed E-state index contributed by atoms with van der Waals surface area (Å²) in [6, 6.07) is 4.99. The van der Waals surface area contributed by atoms with E-state index in [4.69, 9.17) is 0 Å². The molecular formula is C18H28. The summed E-state index contributed by atoms with van der Waals surface area (Å²) in [5.41, 5.74) is 6.30. The van der Waals surface area contributed by atoms with Gasteiger partial charge in [0.2, 0.25) is 0 Å². The third-order valence-electron chi connectivity index (χ3n) is 4.47. The van der Waals surface area contributed by atoms with E-state index in [1.54, 1.807) is 16.7 Å². The predicted octanol–water partition coefficient (Wildman–Crippen LogP) is 5.90. The van der Waals surface area contributed by atoms with Crippen molar-refractivity contribution in [2.75, 3.05) is 0 Å². The van der Waals surface area contributed by atoms with Crippen LogP contribution in [-0.2, 0) is 0 Å². The van der Waals surface area contributed by atoms with E-state index < -0.39 is 0 Å². The lowest BCUT2D eigenvalue weighted by atomic mass is 9.83. The van der Waals surface area contributed by atoms with Crippen molar-refractivity contribution >= 4 is 0 Å². The predicted molar refractivity (Wildman–Crippen MR) is 80.6 cm³/mol. The molecule has 0 atom stereocenters. The zero-order valence-electron chi connectivity index (χ0n) is 12.7. The van der Waals surface area contributed by atoms with E-state index in [2.05, 4.69) is 46.8 Å². The molecule has 0 radical (unpaired) electrons. The third kappa shape index (κ3) is 2.63. The smallest absolute Gasteiger partial charge is 0.0162 e. The van der Waals surface area contributed by atoms with Crippen molar-refractivity contribution in [1.82, 2.24) is 0 Å². The maximum absolute atomic E-state index is 2.52. The second-order valence-corrected chi connectivity index (χ2v) is 6.63. The minimum Gasteiger partial charge on any atom is -0.0587 e. The van der Waals surface area contributed by atoms with Crippen LogP contribution in [0.3, 0.4) is 0 Å². The van der Waals surface area contributed by atoms with Crippen molar-refractivity contribution in [1.29, 1.82) is 0 Å². The van der Waals surface area contributed by atoms with Crippen molar-refractivity contribution in [2.24, 2.45) is 0 Å². The van der Waals surface area contributed by atoms with Gasteiger partial charge < -0.3 is 0 Å². The van der Waals surface area contributed by atoms with Crippen LogP contribution in [0.1, 0.15) is 93.4 Å². The van der Waals surface area contributed by atoms with Crippen molar-refractivity contribution in [3.63, 3.8) is 0 Å². The Labute approximate surface area is 113 Å². The second-order valence-electron chi connectivity index (χ2n) is 6.63. The Morgan fingerprint density at radius 2 is 1.56 bits per heavy atom. The number of rotatable bonds is 3. The van der Waals surface area contributed by atoms with Crippen LogP contribution in [0.25, 0.3) is 0 Å². The highest BCUT2D eigenvalue weighted by molar-refractivity contribution is 5.43. The molecule has 1 aliphatic rings. The first-order valence-corrected chi connectivity index (χ1v) is 7.65. The van der Waals surface area contributed by atoms with Crippen LogP contribution in [0, 0.1) is 6.92 Å². The number of benzene rings is 1. The first-order chi connectivity index (χ1) is 8.50. The van der Waals surface area contributed by atoms with Gasteiger partial charge in [0.1, 0.15) is 0 Å². The fourth-order valence-electron chi connectivity index (χ4n) is 3.62. The topological polar surface area (TPSA) is 0 Å². The fourth-order valence-corrected chi connectivity index (χ4v) is 3.62. The lowest BCUT2D eigenvalue weighted by molar-refractivity contribution is 0.711. The Morgan fingerprint density at radius 1 is 0.944 bits per heavy atom. The minimum atomic E-state index is 0.639. The average molecular weight is 244 g/mol. The monoisotopic (exact) mass is 244 g/mol. The summed E-state index contributed by atoms with van der Waals surface area (Å²) < 4.78 is 0. The zero-order chi connectivity index (χ0) is 13.3. The van der Waals surface area contributed by atoms with E-state index in [1.165, 1.54) is 31.2 Å². The normalized spacial score (nSPS) is 17.1. The molecule has 18 heavy (non-hydrogen) atoms. The molecule has 0 saturated heterocycles. The molecule has 0 bridgehead atoms. The van der Waals surface area contributed by atoms with E-state index in [-0.39, 0.29) is 0 Å². The molecule has 0 amide bonds. The van der Waals surface area contributed by atoms with Crippen molar-refractivity contribution in [2.45, 2.75) is 78.1 Å². The summed E-state index contributed by atoms with van der Waals surface area (Å²) in [4.78, 5) is 0. The molecular weight excluding hydrogens is 216 g/mol. The minimum absolute atomic E-state index is 0.639. The largest absolute Gasteiger partial charge is 0.0587 e. The maximum atomic E-state index is 2.52. The lowest BCUT2D eigenvalue weighted by Gasteiger charge is -2.22. The van der Waals surface area contributed by atoms with Crippen molar-refractivity contribution < 1.29 is 0 Å². The van der Waals surface area contributed by atoms with Gasteiger partial charge in [-0.3, -0.25) is 0 Å². The number of aryl methyl sites for hydroxylation is 1. The first-order valence-electron chi connectivity index (χ1n) is 7.65. The van der Waals surface area contributed by atoms with Crippen molar-refractivity contribution in [3.05, 3.63) is 34.4 Å². The van der Waals surface area contributed by atoms with E-state index in [1.807, 2.05) is 0 Å². The zero-order valence-corrected chi connectivity index (χ0v) is 12.7. The van der Waals surface area contributed by atoms with Crippen LogP contribution in [0.5, 0.6) is 0 Å². The molecule has 0 heteroatoms. The molecule has 0 spiro atoms. The molecule has 0 aromatic heterocycles. The standard InChI is InChI=1S/C18H28/c1-12(2)17-11-16(15-8-6-7-9-15)10-14(5)18(17)13(3)4/h10-13,15H,6-9H2,1-5H3. The molecule has 1 aromatic carbocycles. The van der Waals surface area contributed by atoms with Gasteiger partial charge in [0.05, 0.1) is 0 Å². The van der Waals surface area contributed by atoms with Crippen LogP contribution in [0.15, 0.2) is 12.1 Å². The molecule has 1 aromatic rings. The molecule has 100 valence electrons. The van der Waals surface area contributed by atoms with E-state index in [9.17, 15) is 0 Å². The van der Waals surface area contributed by atoms with Gasteiger partial charge in [-0.15, -0.1) is 0 Å². The highest BCUT2D eigenvalue weighted by Gasteiger charge is 2.20. The van der Waals surface area contributed by atoms with Gasteiger partial charge in [0.15, 0.2) is 0 Å². The summed E-state index contributed by atoms with van der Waals surface area (Å²) in [7, 11) is 0. The Hall–Kier alpha value is -0.780. The molecule has 0 N–H and O–H groups in total. The Morgan fingerprint density at radius 3 is 2.06 bits per heavy atom. The molecule has 1 aliphatic carbocycles. The van der Waals surface area contributed by atoms with Crippen LogP contribution in [-0.4, -0.2) is 0 Å². The molecule has 1 saturated carbocycles. The molecule has 0 heterocycles. The Kier molecular flexibility index (Phi) is 4.14. The Bertz CT molecular complexity index is 406. The van der Waals surface area contributed by atoms with E-state index in [0.717, 1.165) is 5.92 Å². The summed E-state index contributed by atoms with van der Waals surface area (Å²) >= 11 is 0. The second kappa shape index (κ2) is 5.47. The van der Waals surface area contributed by atoms with Crippen LogP contribution in [0.2, 0.25) is 0 Å². The van der Waals surface area contributed by atoms with Crippen LogP contribution < -0.4 is 0 Å². The van der Waals surface area contributed by atoms with Gasteiger partial charge in [-0.1, -0.05) is 52.7 Å². The Balaban J connectivity index is 2.46. The van der Waals surface area contributed by atoms with E-state index >= 15 is 0 Å². The van der Waals surface area contributed by atoms with Gasteiger partial charge in [0.25, 0.3) is 0 Å². The lowest BCUT2D eigenvalue weighted by Crippen LogP contribution is -2.05. The summed E-state index contributed by atoms with van der Waals surface area (Å²) in [6.07, 6.45) is 5.65. The summed E-state index contributed by atoms with van der Waals surface area (Å²) in [5.74, 6) is 2.12. The van der Waals surface area contributed by atoms with E-state index in [0.29, 0.717) is 11.8 Å². The van der Waals surface area contributed by atoms with Gasteiger partial charge in [-0.25, -0.2) is 0 Å². The third-order valence-corrected chi connectivity index (χ3v) is 4.47. The van der Waals surface area contributed by atoms with Crippen LogP contribution in [0.4, 0.5) is 0 Å². The highest BCUT2D eigenvalue weighted by Crippen LogP contribution is 2.38. The number of hydrogen-bond donors (Lipinski definition) is 0. The van der Waals surface area contributed by atoms with Gasteiger partial charge in [-0.05, 0) is 59.8 Å². The van der Waals surface area contributed by atoms with Gasteiger partial charge in [0, 0.05) is 0 Å². The summed E-state index contributed by atoms with van der Waals surface area (Å²) in [6.45, 7) is 11.6. The highest BCUT2D eigenvalue weighted by atomic mass is 14.3. The molecule has 0 aliphatic heterocycles. The average Bonchev–Trinajstić information content (AvgIpc) is 2.80. The molecule has 2 rings (SSSR count). The molecule has 0 nitrogen and oxygen atoms in total. The molecule has 1 fully saturated rings. The first kappa shape index (κ1) is 13.6. The summed E-state index contributed by atoms with van der Waals surface area (Å²) in [5, 5.41) is 0. The quantitative estimate of drug-likeness (QED) is 0.621.